The van der Waals surface area contributed by atoms with Gasteiger partial charge < -0.3 is 0 Å². The second-order valence-corrected chi connectivity index (χ2v) is 1.62. The standard InChI is InChI=1S/C4H6N3OS/c1-6(4-9)7-3-2-5-8-7/h2-3,5H,1H3. The van der Waals surface area contributed by atoms with Crippen LogP contribution in [0.15, 0.2) is 12.4 Å². The van der Waals surface area contributed by atoms with Gasteiger partial charge in [0.1, 0.15) is 0 Å². The summed E-state index contributed by atoms with van der Waals surface area (Å²) in [6.07, 6.45) is 3.32. The fourth-order valence-corrected chi connectivity index (χ4v) is 0.491. The molecule has 0 saturated heterocycles. The lowest BCUT2D eigenvalue weighted by Crippen LogP contribution is -2.33. The summed E-state index contributed by atoms with van der Waals surface area (Å²) in [5, 5.41) is 2.90. The van der Waals surface area contributed by atoms with Crippen molar-refractivity contribution in [1.82, 2.24) is 15.7 Å². The second kappa shape index (κ2) is 2.65. The van der Waals surface area contributed by atoms with Crippen LogP contribution in [-0.2, 0) is 4.94 Å². The van der Waals surface area contributed by atoms with Crippen LogP contribution in [0.4, 0.5) is 0 Å². The Morgan fingerprint density at radius 3 is 3.11 bits per heavy atom. The predicted octanol–water partition coefficient (Wildman–Crippen LogP) is -0.110. The van der Waals surface area contributed by atoms with Gasteiger partial charge in [0, 0.05) is 13.2 Å². The average Bonchev–Trinajstić information content (AvgIpc) is 2.37. The molecule has 1 rings (SSSR count). The third-order valence-electron chi connectivity index (χ3n) is 0.844. The molecule has 0 aromatic rings. The lowest BCUT2D eigenvalue weighted by molar-refractivity contribution is -0.224. The lowest BCUT2D eigenvalue weighted by Gasteiger charge is -2.20. The van der Waals surface area contributed by atoms with E-state index in [4.69, 9.17) is 4.94 Å². The number of hydroxylamine groups is 2. The van der Waals surface area contributed by atoms with Gasteiger partial charge in [-0.15, -0.1) is 10.1 Å². The molecule has 1 radical (unpaired) electrons. The number of thiocarbonyl (C=S) groups is 1. The number of hydrogen-bond acceptors (Lipinski definition) is 4. The molecule has 1 heterocycles. The zero-order valence-corrected chi connectivity index (χ0v) is 5.68. The van der Waals surface area contributed by atoms with E-state index in [-0.39, 0.29) is 0 Å². The Kier molecular flexibility index (Phi) is 1.86. The summed E-state index contributed by atoms with van der Waals surface area (Å²) < 4.78 is 0. The molecule has 0 unspecified atom stereocenters. The summed E-state index contributed by atoms with van der Waals surface area (Å²) in [5.74, 6) is 0. The molecule has 0 spiro atoms. The highest BCUT2D eigenvalue weighted by Gasteiger charge is 2.06. The molecule has 0 aromatic heterocycles. The lowest BCUT2D eigenvalue weighted by atomic mass is 10.9. The van der Waals surface area contributed by atoms with Gasteiger partial charge >= 0.3 is 0 Å². The number of hydrazine groups is 1. The van der Waals surface area contributed by atoms with Crippen molar-refractivity contribution in [2.75, 3.05) is 7.05 Å². The van der Waals surface area contributed by atoms with Gasteiger partial charge in [-0.1, -0.05) is 12.2 Å². The smallest absolute Gasteiger partial charge is 0.159 e. The predicted molar refractivity (Wildman–Crippen MR) is 35.6 cm³/mol. The van der Waals surface area contributed by atoms with Gasteiger partial charge in [0.15, 0.2) is 5.49 Å². The molecule has 1 aliphatic heterocycles. The Morgan fingerprint density at radius 2 is 2.67 bits per heavy atom. The van der Waals surface area contributed by atoms with Crippen LogP contribution in [0.2, 0.25) is 0 Å². The molecule has 1 N–H and O–H groups in total. The summed E-state index contributed by atoms with van der Waals surface area (Å²) in [5.41, 5.74) is 4.94. The highest BCUT2D eigenvalue weighted by molar-refractivity contribution is 7.78. The largest absolute Gasteiger partial charge is 0.249 e. The normalized spacial score (nSPS) is 15.4. The Balaban J connectivity index is 2.42. The molecular weight excluding hydrogens is 138 g/mol. The summed E-state index contributed by atoms with van der Waals surface area (Å²) in [4.78, 5) is 4.77. The monoisotopic (exact) mass is 144 g/mol. The van der Waals surface area contributed by atoms with Crippen molar-refractivity contribution < 1.29 is 4.94 Å². The maximum atomic E-state index is 4.77. The quantitative estimate of drug-likeness (QED) is 0.431. The van der Waals surface area contributed by atoms with E-state index >= 15 is 0 Å². The topological polar surface area (TPSA) is 27.7 Å². The molecule has 4 nitrogen and oxygen atoms in total. The fraction of sp³-hybridized carbons (Fsp3) is 0.250. The van der Waals surface area contributed by atoms with Crippen molar-refractivity contribution >= 4 is 17.7 Å². The van der Waals surface area contributed by atoms with E-state index in [1.807, 2.05) is 0 Å². The molecule has 0 atom stereocenters. The first kappa shape index (κ1) is 6.31. The third kappa shape index (κ3) is 1.30. The molecule has 0 aliphatic carbocycles. The molecule has 0 amide bonds. The van der Waals surface area contributed by atoms with Crippen molar-refractivity contribution in [3.8, 4) is 0 Å². The van der Waals surface area contributed by atoms with Gasteiger partial charge in [-0.2, -0.15) is 0 Å². The second-order valence-electron chi connectivity index (χ2n) is 1.44. The van der Waals surface area contributed by atoms with Crippen molar-refractivity contribution in [3.63, 3.8) is 0 Å². The van der Waals surface area contributed by atoms with E-state index in [1.165, 1.54) is 10.2 Å². The van der Waals surface area contributed by atoms with Crippen molar-refractivity contribution in [3.05, 3.63) is 12.4 Å². The number of nitrogens with one attached hydrogen (secondary N) is 1. The molecule has 0 bridgehead atoms. The van der Waals surface area contributed by atoms with E-state index < -0.39 is 0 Å². The van der Waals surface area contributed by atoms with Crippen LogP contribution < -0.4 is 5.48 Å². The molecular formula is C4H6N3OS. The van der Waals surface area contributed by atoms with E-state index in [0.29, 0.717) is 0 Å². The van der Waals surface area contributed by atoms with Crippen LogP contribution in [0.5, 0.6) is 0 Å². The Hall–Kier alpha value is -0.810. The first-order valence-corrected chi connectivity index (χ1v) is 2.75. The minimum atomic E-state index is 1.41. The van der Waals surface area contributed by atoms with Gasteiger partial charge in [-0.25, -0.2) is 10.5 Å². The van der Waals surface area contributed by atoms with Crippen molar-refractivity contribution in [1.29, 1.82) is 0 Å². The van der Waals surface area contributed by atoms with Crippen molar-refractivity contribution in [2.45, 2.75) is 0 Å². The number of rotatable bonds is 2. The molecule has 1 aliphatic rings. The van der Waals surface area contributed by atoms with Crippen LogP contribution in [0.1, 0.15) is 0 Å². The van der Waals surface area contributed by atoms with Crippen LogP contribution in [0.3, 0.4) is 0 Å². The number of hydrogen-bond donors (Lipinski definition) is 1. The maximum Gasteiger partial charge on any atom is 0.159 e. The van der Waals surface area contributed by atoms with Gasteiger partial charge in [-0.05, 0) is 0 Å². The fourth-order valence-electron chi connectivity index (χ4n) is 0.411. The Labute approximate surface area is 58.6 Å². The van der Waals surface area contributed by atoms with Crippen molar-refractivity contribution in [2.24, 2.45) is 0 Å². The molecule has 0 fully saturated rings. The molecule has 0 aromatic carbocycles. The SMILES string of the molecule is CN([C]=S)N1C=CNO1. The zero-order chi connectivity index (χ0) is 6.69. The minimum Gasteiger partial charge on any atom is -0.249 e. The van der Waals surface area contributed by atoms with E-state index in [0.717, 1.165) is 0 Å². The van der Waals surface area contributed by atoms with Crippen LogP contribution in [-0.4, -0.2) is 22.7 Å². The maximum absolute atomic E-state index is 4.77. The molecule has 5 heteroatoms. The Morgan fingerprint density at radius 1 is 1.89 bits per heavy atom. The van der Waals surface area contributed by atoms with E-state index in [9.17, 15) is 0 Å². The summed E-state index contributed by atoms with van der Waals surface area (Å²) in [6, 6.07) is 0. The molecule has 9 heavy (non-hydrogen) atoms. The van der Waals surface area contributed by atoms with E-state index in [1.54, 1.807) is 19.4 Å². The van der Waals surface area contributed by atoms with Gasteiger partial charge in [0.05, 0.1) is 6.20 Å². The molecule has 49 valence electrons. The number of nitrogens with zero attached hydrogens (tertiary/aromatic N) is 2. The highest BCUT2D eigenvalue weighted by Crippen LogP contribution is 1.97. The third-order valence-corrected chi connectivity index (χ3v) is 1.11. The van der Waals surface area contributed by atoms with Gasteiger partial charge in [0.2, 0.25) is 0 Å². The average molecular weight is 144 g/mol. The van der Waals surface area contributed by atoms with Gasteiger partial charge in [-0.3, -0.25) is 0 Å². The Bertz CT molecular complexity index is 138. The zero-order valence-electron chi connectivity index (χ0n) is 4.87. The summed E-state index contributed by atoms with van der Waals surface area (Å²) in [7, 11) is 1.73. The van der Waals surface area contributed by atoms with Crippen LogP contribution in [0.25, 0.3) is 0 Å². The van der Waals surface area contributed by atoms with Crippen LogP contribution in [0, 0.1) is 0 Å². The van der Waals surface area contributed by atoms with Crippen LogP contribution >= 0.6 is 12.2 Å². The van der Waals surface area contributed by atoms with Gasteiger partial charge in [0.25, 0.3) is 0 Å². The highest BCUT2D eigenvalue weighted by atomic mass is 32.1. The summed E-state index contributed by atoms with van der Waals surface area (Å²) >= 11 is 4.50. The first-order chi connectivity index (χ1) is 4.34. The molecule has 0 saturated carbocycles. The summed E-state index contributed by atoms with van der Waals surface area (Å²) in [6.45, 7) is 0. The minimum absolute atomic E-state index is 1.41. The first-order valence-electron chi connectivity index (χ1n) is 2.34. The van der Waals surface area contributed by atoms with E-state index in [2.05, 4.69) is 23.2 Å².